The molecule has 8 heteroatoms. The number of likely N-dealkylation sites (N-methyl/N-ethyl adjacent to an activating group) is 1. The summed E-state index contributed by atoms with van der Waals surface area (Å²) in [5.74, 6) is 0.819. The molecular weight excluding hydrogens is 302 g/mol. The van der Waals surface area contributed by atoms with Crippen molar-refractivity contribution in [2.75, 3.05) is 51.3 Å². The molecule has 1 aromatic rings. The number of amides is 2. The lowest BCUT2D eigenvalue weighted by Crippen LogP contribution is -2.54. The van der Waals surface area contributed by atoms with Crippen molar-refractivity contribution in [2.24, 2.45) is 0 Å². The maximum absolute atomic E-state index is 12.6. The van der Waals surface area contributed by atoms with Crippen LogP contribution in [0.25, 0.3) is 0 Å². The van der Waals surface area contributed by atoms with Gasteiger partial charge < -0.3 is 19.4 Å². The zero-order valence-electron chi connectivity index (χ0n) is 13.2. The van der Waals surface area contributed by atoms with Gasteiger partial charge in [-0.15, -0.1) is 0 Å². The maximum atomic E-state index is 12.6. The van der Waals surface area contributed by atoms with Gasteiger partial charge in [-0.25, -0.2) is 9.78 Å². The van der Waals surface area contributed by atoms with Crippen molar-refractivity contribution in [3.63, 3.8) is 0 Å². The van der Waals surface area contributed by atoms with Gasteiger partial charge in [0.15, 0.2) is 0 Å². The second-order valence-corrected chi connectivity index (χ2v) is 6.59. The first kappa shape index (κ1) is 15.5. The topological polar surface area (TPSA) is 61.8 Å². The zero-order chi connectivity index (χ0) is 15.5. The van der Waals surface area contributed by atoms with Crippen molar-refractivity contribution in [1.82, 2.24) is 19.2 Å². The Morgan fingerprint density at radius 2 is 2.14 bits per heavy atom. The molecule has 0 saturated carbocycles. The van der Waals surface area contributed by atoms with E-state index in [0.717, 1.165) is 36.9 Å². The number of aromatic nitrogens is 2. The molecule has 0 spiro atoms. The lowest BCUT2D eigenvalue weighted by molar-refractivity contribution is 0.0414. The van der Waals surface area contributed by atoms with Crippen LogP contribution in [0.1, 0.15) is 18.7 Å². The minimum Gasteiger partial charge on any atom is -0.378 e. The Labute approximate surface area is 135 Å². The van der Waals surface area contributed by atoms with E-state index >= 15 is 0 Å². The fourth-order valence-corrected chi connectivity index (χ4v) is 3.70. The number of rotatable bonds is 2. The molecule has 0 aromatic carbocycles. The molecule has 2 amide bonds. The highest BCUT2D eigenvalue weighted by Crippen LogP contribution is 2.24. The average molecular weight is 325 g/mol. The van der Waals surface area contributed by atoms with E-state index in [2.05, 4.69) is 14.3 Å². The van der Waals surface area contributed by atoms with Gasteiger partial charge in [-0.2, -0.15) is 4.37 Å². The number of anilines is 1. The van der Waals surface area contributed by atoms with E-state index in [-0.39, 0.29) is 12.1 Å². The predicted molar refractivity (Wildman–Crippen MR) is 85.4 cm³/mol. The molecule has 122 valence electrons. The summed E-state index contributed by atoms with van der Waals surface area (Å²) in [6.07, 6.45) is 2.12. The SMILES string of the molecule is Cc1nsc(N2CCCC(N(C)C(=O)N3CCOCC3)C2)n1. The third kappa shape index (κ3) is 3.33. The lowest BCUT2D eigenvalue weighted by Gasteiger charge is -2.40. The van der Waals surface area contributed by atoms with Gasteiger partial charge in [0.1, 0.15) is 5.82 Å². The molecule has 1 aromatic heterocycles. The van der Waals surface area contributed by atoms with Crippen LogP contribution in [0.3, 0.4) is 0 Å². The second kappa shape index (κ2) is 6.78. The standard InChI is InChI=1S/C14H23N5O2S/c1-11-15-13(22-16-11)19-5-3-4-12(10-19)17(2)14(20)18-6-8-21-9-7-18/h12H,3-10H2,1-2H3. The third-order valence-electron chi connectivity index (χ3n) is 4.31. The highest BCUT2D eigenvalue weighted by Gasteiger charge is 2.30. The molecule has 7 nitrogen and oxygen atoms in total. The van der Waals surface area contributed by atoms with Crippen LogP contribution in [0.5, 0.6) is 0 Å². The van der Waals surface area contributed by atoms with Crippen LogP contribution < -0.4 is 4.90 Å². The van der Waals surface area contributed by atoms with Crippen molar-refractivity contribution in [3.05, 3.63) is 5.82 Å². The Kier molecular flexibility index (Phi) is 4.77. The van der Waals surface area contributed by atoms with Crippen molar-refractivity contribution in [3.8, 4) is 0 Å². The number of hydrogen-bond acceptors (Lipinski definition) is 6. The van der Waals surface area contributed by atoms with Gasteiger partial charge >= 0.3 is 6.03 Å². The molecule has 3 rings (SSSR count). The predicted octanol–water partition coefficient (Wildman–Crippen LogP) is 1.20. The minimum atomic E-state index is 0.114. The Bertz CT molecular complexity index is 517. The molecule has 2 fully saturated rings. The molecule has 0 N–H and O–H groups in total. The number of carbonyl (C=O) groups excluding carboxylic acids is 1. The van der Waals surface area contributed by atoms with Gasteiger partial charge in [0.05, 0.1) is 19.3 Å². The van der Waals surface area contributed by atoms with Gasteiger partial charge in [0.25, 0.3) is 0 Å². The summed E-state index contributed by atoms with van der Waals surface area (Å²) in [7, 11) is 1.91. The smallest absolute Gasteiger partial charge is 0.320 e. The highest BCUT2D eigenvalue weighted by molar-refractivity contribution is 7.09. The summed E-state index contributed by atoms with van der Waals surface area (Å²) in [5, 5.41) is 0.967. The molecule has 2 aliphatic rings. The van der Waals surface area contributed by atoms with E-state index in [1.54, 1.807) is 0 Å². The van der Waals surface area contributed by atoms with Gasteiger partial charge in [-0.1, -0.05) is 0 Å². The first-order valence-corrected chi connectivity index (χ1v) is 8.57. The molecule has 0 bridgehead atoms. The summed E-state index contributed by atoms with van der Waals surface area (Å²) < 4.78 is 9.57. The number of carbonyl (C=O) groups is 1. The first-order valence-electron chi connectivity index (χ1n) is 7.80. The van der Waals surface area contributed by atoms with Gasteiger partial charge in [0.2, 0.25) is 5.13 Å². The van der Waals surface area contributed by atoms with Crippen LogP contribution in [0.4, 0.5) is 9.93 Å². The monoisotopic (exact) mass is 325 g/mol. The fourth-order valence-electron chi connectivity index (χ4n) is 2.99. The summed E-state index contributed by atoms with van der Waals surface area (Å²) >= 11 is 1.44. The molecule has 1 atom stereocenters. The first-order chi connectivity index (χ1) is 10.6. The Hall–Kier alpha value is -1.41. The van der Waals surface area contributed by atoms with Crippen LogP contribution in [0.2, 0.25) is 0 Å². The molecule has 0 radical (unpaired) electrons. The summed E-state index contributed by atoms with van der Waals surface area (Å²) in [6, 6.07) is 0.344. The highest BCUT2D eigenvalue weighted by atomic mass is 32.1. The molecule has 0 aliphatic carbocycles. The van der Waals surface area contributed by atoms with Crippen molar-refractivity contribution in [1.29, 1.82) is 0 Å². The normalized spacial score (nSPS) is 22.7. The number of urea groups is 1. The maximum Gasteiger partial charge on any atom is 0.320 e. The number of ether oxygens (including phenoxy) is 1. The van der Waals surface area contributed by atoms with E-state index in [1.807, 2.05) is 23.8 Å². The van der Waals surface area contributed by atoms with Crippen LogP contribution in [0.15, 0.2) is 0 Å². The lowest BCUT2D eigenvalue weighted by atomic mass is 10.1. The molecule has 3 heterocycles. The Morgan fingerprint density at radius 1 is 1.36 bits per heavy atom. The molecule has 2 aliphatic heterocycles. The third-order valence-corrected chi connectivity index (χ3v) is 5.18. The quantitative estimate of drug-likeness (QED) is 0.818. The van der Waals surface area contributed by atoms with E-state index in [4.69, 9.17) is 4.74 Å². The van der Waals surface area contributed by atoms with Crippen LogP contribution in [0, 0.1) is 6.92 Å². The largest absolute Gasteiger partial charge is 0.378 e. The van der Waals surface area contributed by atoms with E-state index in [1.165, 1.54) is 11.5 Å². The van der Waals surface area contributed by atoms with Crippen molar-refractivity contribution < 1.29 is 9.53 Å². The van der Waals surface area contributed by atoms with E-state index < -0.39 is 0 Å². The molecule has 1 unspecified atom stereocenters. The van der Waals surface area contributed by atoms with Gasteiger partial charge in [0, 0.05) is 44.8 Å². The summed E-state index contributed by atoms with van der Waals surface area (Å²) in [4.78, 5) is 23.1. The molecule has 2 saturated heterocycles. The zero-order valence-corrected chi connectivity index (χ0v) is 14.0. The fraction of sp³-hybridized carbons (Fsp3) is 0.786. The Morgan fingerprint density at radius 3 is 2.82 bits per heavy atom. The van der Waals surface area contributed by atoms with Crippen LogP contribution in [-0.4, -0.2) is 77.7 Å². The van der Waals surface area contributed by atoms with E-state index in [0.29, 0.717) is 26.3 Å². The number of hydrogen-bond donors (Lipinski definition) is 0. The van der Waals surface area contributed by atoms with Crippen LogP contribution in [-0.2, 0) is 4.74 Å². The summed E-state index contributed by atoms with van der Waals surface area (Å²) in [5.41, 5.74) is 0. The van der Waals surface area contributed by atoms with Crippen LogP contribution >= 0.6 is 11.5 Å². The Balaban J connectivity index is 1.62. The summed E-state index contributed by atoms with van der Waals surface area (Å²) in [6.45, 7) is 6.40. The average Bonchev–Trinajstić information content (AvgIpc) is 3.01. The number of piperidine rings is 1. The minimum absolute atomic E-state index is 0.114. The molecule has 22 heavy (non-hydrogen) atoms. The van der Waals surface area contributed by atoms with Gasteiger partial charge in [-0.3, -0.25) is 0 Å². The van der Waals surface area contributed by atoms with Gasteiger partial charge in [-0.05, 0) is 19.8 Å². The second-order valence-electron chi connectivity index (χ2n) is 5.86. The number of aryl methyl sites for hydroxylation is 1. The number of nitrogens with zero attached hydrogens (tertiary/aromatic N) is 5. The van der Waals surface area contributed by atoms with Crippen molar-refractivity contribution >= 4 is 22.7 Å². The molecular formula is C14H23N5O2S. The number of morpholine rings is 1. The van der Waals surface area contributed by atoms with E-state index in [9.17, 15) is 4.79 Å². The van der Waals surface area contributed by atoms with Crippen molar-refractivity contribution in [2.45, 2.75) is 25.8 Å².